The minimum atomic E-state index is -0.773. The van der Waals surface area contributed by atoms with Gasteiger partial charge in [-0.1, -0.05) is 25.3 Å². The molecule has 3 rings (SSSR count). The van der Waals surface area contributed by atoms with E-state index in [-0.39, 0.29) is 37.1 Å². The normalized spacial score (nSPS) is 18.3. The van der Waals surface area contributed by atoms with Crippen LogP contribution < -0.4 is 10.1 Å². The van der Waals surface area contributed by atoms with Crippen molar-refractivity contribution in [3.63, 3.8) is 0 Å². The number of carbonyl (C=O) groups excluding carboxylic acids is 3. The van der Waals surface area contributed by atoms with Crippen LogP contribution in [-0.2, 0) is 16.1 Å². The van der Waals surface area contributed by atoms with E-state index in [0.717, 1.165) is 24.2 Å². The Morgan fingerprint density at radius 3 is 2.64 bits per heavy atom. The second kappa shape index (κ2) is 8.16. The van der Waals surface area contributed by atoms with Gasteiger partial charge in [-0.15, -0.1) is 0 Å². The van der Waals surface area contributed by atoms with Crippen molar-refractivity contribution < 1.29 is 23.5 Å². The van der Waals surface area contributed by atoms with Gasteiger partial charge < -0.3 is 15.0 Å². The average molecular weight is 391 g/mol. The standard InChI is InChI=1S/C20H26FN3O4/c1-23(13-14-6-7-16(28-2)15(21)12-14)17(25)8-11-24-18(26)20(22-19(24)27)9-4-3-5-10-20/h6-7,12H,3-5,8-11,13H2,1-2H3,(H,22,27). The molecule has 1 saturated heterocycles. The number of urea groups is 1. The summed E-state index contributed by atoms with van der Waals surface area (Å²) in [4.78, 5) is 40.0. The van der Waals surface area contributed by atoms with Gasteiger partial charge in [0.1, 0.15) is 5.54 Å². The third-order valence-electron chi connectivity index (χ3n) is 5.56. The van der Waals surface area contributed by atoms with Crippen molar-refractivity contribution in [1.29, 1.82) is 0 Å². The number of nitrogens with one attached hydrogen (secondary N) is 1. The van der Waals surface area contributed by atoms with Crippen LogP contribution in [0.1, 0.15) is 44.1 Å². The van der Waals surface area contributed by atoms with E-state index in [1.165, 1.54) is 24.1 Å². The molecule has 0 aromatic heterocycles. The molecular formula is C20H26FN3O4. The summed E-state index contributed by atoms with van der Waals surface area (Å²) in [5.74, 6) is -0.780. The molecule has 2 fully saturated rings. The minimum absolute atomic E-state index is 0.0321. The molecule has 1 aromatic rings. The van der Waals surface area contributed by atoms with E-state index in [1.54, 1.807) is 13.1 Å². The maximum Gasteiger partial charge on any atom is 0.325 e. The van der Waals surface area contributed by atoms with Gasteiger partial charge in [0.15, 0.2) is 11.6 Å². The van der Waals surface area contributed by atoms with Crippen LogP contribution in [0.3, 0.4) is 0 Å². The highest BCUT2D eigenvalue weighted by Gasteiger charge is 2.51. The van der Waals surface area contributed by atoms with Gasteiger partial charge in [-0.05, 0) is 30.5 Å². The van der Waals surface area contributed by atoms with Crippen LogP contribution in [0.2, 0.25) is 0 Å². The third kappa shape index (κ3) is 3.95. The van der Waals surface area contributed by atoms with Crippen LogP contribution in [0.25, 0.3) is 0 Å². The van der Waals surface area contributed by atoms with E-state index < -0.39 is 17.4 Å². The number of imide groups is 1. The molecule has 1 spiro atoms. The average Bonchev–Trinajstić information content (AvgIpc) is 2.90. The van der Waals surface area contributed by atoms with E-state index in [4.69, 9.17) is 4.74 Å². The summed E-state index contributed by atoms with van der Waals surface area (Å²) in [5, 5.41) is 2.84. The van der Waals surface area contributed by atoms with Crippen molar-refractivity contribution in [3.05, 3.63) is 29.6 Å². The Kier molecular flexibility index (Phi) is 5.86. The third-order valence-corrected chi connectivity index (χ3v) is 5.56. The molecule has 1 aliphatic heterocycles. The number of rotatable bonds is 6. The lowest BCUT2D eigenvalue weighted by Gasteiger charge is -2.30. The topological polar surface area (TPSA) is 79.0 Å². The van der Waals surface area contributed by atoms with Crippen LogP contribution >= 0.6 is 0 Å². The van der Waals surface area contributed by atoms with Crippen molar-refractivity contribution in [2.45, 2.75) is 50.6 Å². The van der Waals surface area contributed by atoms with Crippen molar-refractivity contribution in [1.82, 2.24) is 15.1 Å². The fourth-order valence-corrected chi connectivity index (χ4v) is 3.94. The van der Waals surface area contributed by atoms with Gasteiger partial charge in [0, 0.05) is 26.6 Å². The van der Waals surface area contributed by atoms with Gasteiger partial charge in [-0.25, -0.2) is 9.18 Å². The first-order valence-corrected chi connectivity index (χ1v) is 9.57. The van der Waals surface area contributed by atoms with Crippen molar-refractivity contribution in [3.8, 4) is 5.75 Å². The van der Waals surface area contributed by atoms with Gasteiger partial charge in [0.25, 0.3) is 5.91 Å². The molecule has 8 heteroatoms. The van der Waals surface area contributed by atoms with E-state index in [9.17, 15) is 18.8 Å². The first-order valence-electron chi connectivity index (χ1n) is 9.57. The lowest BCUT2D eigenvalue weighted by Crippen LogP contribution is -2.48. The highest BCUT2D eigenvalue weighted by molar-refractivity contribution is 6.07. The second-order valence-corrected chi connectivity index (χ2v) is 7.50. The SMILES string of the molecule is COc1ccc(CN(C)C(=O)CCN2C(=O)NC3(CCCCC3)C2=O)cc1F. The number of nitrogens with zero attached hydrogens (tertiary/aromatic N) is 2. The lowest BCUT2D eigenvalue weighted by atomic mass is 9.82. The van der Waals surface area contributed by atoms with Gasteiger partial charge in [0.2, 0.25) is 5.91 Å². The number of benzene rings is 1. The van der Waals surface area contributed by atoms with Gasteiger partial charge in [0.05, 0.1) is 7.11 Å². The van der Waals surface area contributed by atoms with Gasteiger partial charge in [-0.2, -0.15) is 0 Å². The molecular weight excluding hydrogens is 365 g/mol. The zero-order valence-electron chi connectivity index (χ0n) is 16.3. The Labute approximate surface area is 163 Å². The molecule has 0 unspecified atom stereocenters. The Hall–Kier alpha value is -2.64. The first-order chi connectivity index (χ1) is 13.4. The predicted molar refractivity (Wildman–Crippen MR) is 100 cm³/mol. The van der Waals surface area contributed by atoms with Crippen LogP contribution in [0.4, 0.5) is 9.18 Å². The zero-order valence-corrected chi connectivity index (χ0v) is 16.3. The van der Waals surface area contributed by atoms with Crippen LogP contribution in [0, 0.1) is 5.82 Å². The lowest BCUT2D eigenvalue weighted by molar-refractivity contribution is -0.134. The maximum absolute atomic E-state index is 13.8. The number of halogens is 1. The summed E-state index contributed by atoms with van der Waals surface area (Å²) < 4.78 is 18.7. The maximum atomic E-state index is 13.8. The molecule has 4 amide bonds. The van der Waals surface area contributed by atoms with Crippen molar-refractivity contribution in [2.75, 3.05) is 20.7 Å². The van der Waals surface area contributed by atoms with Crippen LogP contribution in [0.15, 0.2) is 18.2 Å². The largest absolute Gasteiger partial charge is 0.494 e. The first kappa shape index (κ1) is 20.1. The van der Waals surface area contributed by atoms with Gasteiger partial charge >= 0.3 is 6.03 Å². The fraction of sp³-hybridized carbons (Fsp3) is 0.550. The molecule has 1 N–H and O–H groups in total. The molecule has 0 atom stereocenters. The van der Waals surface area contributed by atoms with Crippen molar-refractivity contribution in [2.24, 2.45) is 0 Å². The summed E-state index contributed by atoms with van der Waals surface area (Å²) in [6.45, 7) is 0.274. The Morgan fingerprint density at radius 1 is 1.29 bits per heavy atom. The number of hydrogen-bond acceptors (Lipinski definition) is 4. The number of hydrogen-bond donors (Lipinski definition) is 1. The molecule has 1 saturated carbocycles. The molecule has 0 radical (unpaired) electrons. The van der Waals surface area contributed by atoms with E-state index in [1.807, 2.05) is 0 Å². The van der Waals surface area contributed by atoms with E-state index in [2.05, 4.69) is 5.32 Å². The van der Waals surface area contributed by atoms with E-state index in [0.29, 0.717) is 18.4 Å². The second-order valence-electron chi connectivity index (χ2n) is 7.50. The molecule has 28 heavy (non-hydrogen) atoms. The quantitative estimate of drug-likeness (QED) is 0.756. The number of amides is 4. The number of carbonyl (C=O) groups is 3. The Morgan fingerprint density at radius 2 is 2.00 bits per heavy atom. The fourth-order valence-electron chi connectivity index (χ4n) is 3.94. The molecule has 152 valence electrons. The zero-order chi connectivity index (χ0) is 20.3. The summed E-state index contributed by atoms with van der Waals surface area (Å²) in [6.07, 6.45) is 4.25. The molecule has 1 heterocycles. The smallest absolute Gasteiger partial charge is 0.325 e. The number of ether oxygens (including phenoxy) is 1. The van der Waals surface area contributed by atoms with Crippen LogP contribution in [0.5, 0.6) is 5.75 Å². The summed E-state index contributed by atoms with van der Waals surface area (Å²) >= 11 is 0. The van der Waals surface area contributed by atoms with Crippen molar-refractivity contribution >= 4 is 17.8 Å². The minimum Gasteiger partial charge on any atom is -0.494 e. The molecule has 1 aliphatic carbocycles. The monoisotopic (exact) mass is 391 g/mol. The molecule has 2 aliphatic rings. The number of methoxy groups -OCH3 is 1. The Balaban J connectivity index is 1.55. The predicted octanol–water partition coefficient (Wildman–Crippen LogP) is 2.44. The molecule has 1 aromatic carbocycles. The Bertz CT molecular complexity index is 777. The molecule has 0 bridgehead atoms. The summed E-state index contributed by atoms with van der Waals surface area (Å²) in [5.41, 5.74) is -0.143. The summed E-state index contributed by atoms with van der Waals surface area (Å²) in [7, 11) is 3.00. The van der Waals surface area contributed by atoms with E-state index >= 15 is 0 Å². The van der Waals surface area contributed by atoms with Crippen LogP contribution in [-0.4, -0.2) is 53.9 Å². The molecule has 7 nitrogen and oxygen atoms in total. The highest BCUT2D eigenvalue weighted by atomic mass is 19.1. The highest BCUT2D eigenvalue weighted by Crippen LogP contribution is 2.33. The summed E-state index contributed by atoms with van der Waals surface area (Å²) in [6, 6.07) is 4.11. The van der Waals surface area contributed by atoms with Gasteiger partial charge in [-0.3, -0.25) is 14.5 Å².